The van der Waals surface area contributed by atoms with Crippen molar-refractivity contribution in [1.82, 2.24) is 10.6 Å². The first-order chi connectivity index (χ1) is 10.2. The normalized spacial score (nSPS) is 13.9. The lowest BCUT2D eigenvalue weighted by atomic mass is 10.2. The number of benzene rings is 1. The maximum atomic E-state index is 11.5. The monoisotopic (exact) mass is 292 g/mol. The number of hydrogen-bond acceptors (Lipinski definition) is 4. The van der Waals surface area contributed by atoms with Gasteiger partial charge in [-0.2, -0.15) is 0 Å². The molecule has 0 aliphatic carbocycles. The average Bonchev–Trinajstić information content (AvgIpc) is 2.68. The summed E-state index contributed by atoms with van der Waals surface area (Å²) in [5.74, 6) is 1.71. The third kappa shape index (κ3) is 4.93. The third-order valence-electron chi connectivity index (χ3n) is 3.15. The summed E-state index contributed by atoms with van der Waals surface area (Å²) >= 11 is 0. The molecule has 5 heteroatoms. The van der Waals surface area contributed by atoms with Gasteiger partial charge in [0.25, 0.3) is 0 Å². The maximum absolute atomic E-state index is 11.5. The van der Waals surface area contributed by atoms with Crippen molar-refractivity contribution in [3.63, 3.8) is 0 Å². The maximum Gasteiger partial charge on any atom is 0.221 e. The van der Waals surface area contributed by atoms with Crippen LogP contribution in [0.1, 0.15) is 32.3 Å². The Hall–Kier alpha value is -1.75. The Bertz CT molecular complexity index is 475. The van der Waals surface area contributed by atoms with E-state index in [9.17, 15) is 4.79 Å². The molecule has 0 atom stereocenters. The van der Waals surface area contributed by atoms with Crippen LogP contribution in [0.15, 0.2) is 18.2 Å². The van der Waals surface area contributed by atoms with Gasteiger partial charge >= 0.3 is 0 Å². The molecule has 2 rings (SSSR count). The van der Waals surface area contributed by atoms with E-state index in [1.54, 1.807) is 0 Å². The zero-order valence-corrected chi connectivity index (χ0v) is 12.8. The zero-order valence-electron chi connectivity index (χ0n) is 12.8. The van der Waals surface area contributed by atoms with Gasteiger partial charge in [0.1, 0.15) is 0 Å². The minimum atomic E-state index is 0.0731. The van der Waals surface area contributed by atoms with Gasteiger partial charge in [-0.3, -0.25) is 4.79 Å². The van der Waals surface area contributed by atoms with Crippen molar-refractivity contribution >= 4 is 5.91 Å². The highest BCUT2D eigenvalue weighted by Crippen LogP contribution is 2.32. The van der Waals surface area contributed by atoms with Crippen molar-refractivity contribution in [2.75, 3.05) is 19.8 Å². The van der Waals surface area contributed by atoms with Crippen LogP contribution in [0.3, 0.4) is 0 Å². The number of carbonyl (C=O) groups is 1. The fourth-order valence-electron chi connectivity index (χ4n) is 2.21. The van der Waals surface area contributed by atoms with Crippen molar-refractivity contribution < 1.29 is 14.3 Å². The highest BCUT2D eigenvalue weighted by Gasteiger charge is 2.14. The Morgan fingerprint density at radius 1 is 1.29 bits per heavy atom. The Morgan fingerprint density at radius 2 is 2.10 bits per heavy atom. The Labute approximate surface area is 126 Å². The summed E-state index contributed by atoms with van der Waals surface area (Å²) in [6.45, 7) is 6.61. The van der Waals surface area contributed by atoms with Crippen LogP contribution in [0.2, 0.25) is 0 Å². The number of nitrogens with one attached hydrogen (secondary N) is 2. The zero-order chi connectivity index (χ0) is 15.1. The van der Waals surface area contributed by atoms with Crippen LogP contribution in [0, 0.1) is 0 Å². The number of ether oxygens (including phenoxy) is 2. The predicted molar refractivity (Wildman–Crippen MR) is 81.7 cm³/mol. The first kappa shape index (κ1) is 15.6. The van der Waals surface area contributed by atoms with Crippen molar-refractivity contribution in [3.05, 3.63) is 23.8 Å². The van der Waals surface area contributed by atoms with E-state index in [-0.39, 0.29) is 11.9 Å². The Morgan fingerprint density at radius 3 is 2.90 bits per heavy atom. The van der Waals surface area contributed by atoms with E-state index >= 15 is 0 Å². The third-order valence-corrected chi connectivity index (χ3v) is 3.15. The molecule has 0 bridgehead atoms. The molecule has 1 aliphatic heterocycles. The van der Waals surface area contributed by atoms with Gasteiger partial charge in [0, 0.05) is 37.5 Å². The molecule has 1 aliphatic rings. The second kappa shape index (κ2) is 7.88. The first-order valence-corrected chi connectivity index (χ1v) is 7.54. The number of carbonyl (C=O) groups excluding carboxylic acids is 1. The van der Waals surface area contributed by atoms with Gasteiger partial charge in [0.05, 0.1) is 13.2 Å². The molecule has 0 radical (unpaired) electrons. The van der Waals surface area contributed by atoms with Gasteiger partial charge in [-0.25, -0.2) is 0 Å². The lowest BCUT2D eigenvalue weighted by Crippen LogP contribution is -2.32. The second-order valence-corrected chi connectivity index (χ2v) is 5.44. The molecular formula is C16H24N2O3. The summed E-state index contributed by atoms with van der Waals surface area (Å²) in [5, 5.41) is 6.16. The Balaban J connectivity index is 1.82. The highest BCUT2D eigenvalue weighted by molar-refractivity contribution is 5.76. The molecule has 0 aromatic heterocycles. The van der Waals surface area contributed by atoms with E-state index in [1.165, 1.54) is 0 Å². The van der Waals surface area contributed by atoms with Gasteiger partial charge < -0.3 is 20.1 Å². The topological polar surface area (TPSA) is 59.6 Å². The minimum absolute atomic E-state index is 0.0731. The quantitative estimate of drug-likeness (QED) is 0.786. The molecular weight excluding hydrogens is 268 g/mol. The van der Waals surface area contributed by atoms with E-state index in [1.807, 2.05) is 32.0 Å². The molecule has 2 N–H and O–H groups in total. The van der Waals surface area contributed by atoms with Crippen LogP contribution in [0.5, 0.6) is 11.5 Å². The van der Waals surface area contributed by atoms with Gasteiger partial charge in [0.2, 0.25) is 5.91 Å². The van der Waals surface area contributed by atoms with Gasteiger partial charge in [0.15, 0.2) is 11.5 Å². The van der Waals surface area contributed by atoms with Crippen molar-refractivity contribution in [3.8, 4) is 11.5 Å². The van der Waals surface area contributed by atoms with Crippen LogP contribution in [0.4, 0.5) is 0 Å². The smallest absolute Gasteiger partial charge is 0.221 e. The van der Waals surface area contributed by atoms with E-state index < -0.39 is 0 Å². The lowest BCUT2D eigenvalue weighted by molar-refractivity contribution is -0.121. The number of fused-ring (bicyclic) bond motifs is 1. The molecule has 0 unspecified atom stereocenters. The van der Waals surface area contributed by atoms with Crippen LogP contribution in [-0.2, 0) is 11.3 Å². The summed E-state index contributed by atoms with van der Waals surface area (Å²) in [5.41, 5.74) is 1.07. The van der Waals surface area contributed by atoms with E-state index in [0.717, 1.165) is 23.5 Å². The lowest BCUT2D eigenvalue weighted by Gasteiger charge is -2.13. The molecule has 1 heterocycles. The van der Waals surface area contributed by atoms with Gasteiger partial charge in [-0.1, -0.05) is 12.1 Å². The molecule has 1 aromatic rings. The van der Waals surface area contributed by atoms with Crippen LogP contribution < -0.4 is 20.1 Å². The molecule has 116 valence electrons. The Kier molecular flexibility index (Phi) is 5.87. The summed E-state index contributed by atoms with van der Waals surface area (Å²) in [4.78, 5) is 11.5. The van der Waals surface area contributed by atoms with Gasteiger partial charge in [-0.05, 0) is 19.9 Å². The van der Waals surface area contributed by atoms with Crippen molar-refractivity contribution in [2.24, 2.45) is 0 Å². The largest absolute Gasteiger partial charge is 0.490 e. The molecule has 5 nitrogen and oxygen atoms in total. The van der Waals surface area contributed by atoms with Crippen molar-refractivity contribution in [2.45, 2.75) is 39.3 Å². The summed E-state index contributed by atoms with van der Waals surface area (Å²) in [7, 11) is 0. The first-order valence-electron chi connectivity index (χ1n) is 7.54. The van der Waals surface area contributed by atoms with Crippen molar-refractivity contribution in [1.29, 1.82) is 0 Å². The predicted octanol–water partition coefficient (Wildman–Crippen LogP) is 1.85. The van der Waals surface area contributed by atoms with Crippen LogP contribution >= 0.6 is 0 Å². The fraction of sp³-hybridized carbons (Fsp3) is 0.562. The molecule has 0 spiro atoms. The highest BCUT2D eigenvalue weighted by atomic mass is 16.5. The fourth-order valence-corrected chi connectivity index (χ4v) is 2.21. The second-order valence-electron chi connectivity index (χ2n) is 5.44. The van der Waals surface area contributed by atoms with E-state index in [2.05, 4.69) is 10.6 Å². The molecule has 0 fully saturated rings. The number of amides is 1. The summed E-state index contributed by atoms with van der Waals surface area (Å²) in [6, 6.07) is 6.11. The van der Waals surface area contributed by atoms with Crippen LogP contribution in [-0.4, -0.2) is 31.7 Å². The average molecular weight is 292 g/mol. The SMILES string of the molecule is CC(C)NC(=O)CCNCc1cccc2c1OCCCO2. The van der Waals surface area contributed by atoms with Gasteiger partial charge in [-0.15, -0.1) is 0 Å². The standard InChI is InChI=1S/C16H24N2O3/c1-12(2)18-15(19)7-8-17-11-13-5-3-6-14-16(13)21-10-4-9-20-14/h3,5-6,12,17H,4,7-11H2,1-2H3,(H,18,19). The minimum Gasteiger partial charge on any atom is -0.490 e. The molecule has 21 heavy (non-hydrogen) atoms. The molecule has 0 saturated carbocycles. The number of hydrogen-bond donors (Lipinski definition) is 2. The number of rotatable bonds is 6. The van der Waals surface area contributed by atoms with E-state index in [0.29, 0.717) is 32.7 Å². The molecule has 0 saturated heterocycles. The van der Waals surface area contributed by atoms with Crippen LogP contribution in [0.25, 0.3) is 0 Å². The summed E-state index contributed by atoms with van der Waals surface area (Å²) in [6.07, 6.45) is 1.38. The number of para-hydroxylation sites is 1. The van der Waals surface area contributed by atoms with E-state index in [4.69, 9.17) is 9.47 Å². The molecule has 1 amide bonds. The molecule has 1 aromatic carbocycles. The summed E-state index contributed by atoms with van der Waals surface area (Å²) < 4.78 is 11.4.